The summed E-state index contributed by atoms with van der Waals surface area (Å²) < 4.78 is 9.81. The van der Waals surface area contributed by atoms with E-state index < -0.39 is 54.7 Å². The lowest BCUT2D eigenvalue weighted by Crippen LogP contribution is -2.54. The molecule has 0 aliphatic rings. The Morgan fingerprint density at radius 1 is 1.18 bits per heavy atom. The number of aliphatic hydroxyl groups is 1. The van der Waals surface area contributed by atoms with Crippen molar-refractivity contribution in [2.45, 2.75) is 52.3 Å². The molecule has 3 amide bonds. The third kappa shape index (κ3) is 8.53. The number of carbonyl (C=O) groups is 4. The average Bonchev–Trinajstić information content (AvgIpc) is 2.76. The number of nitrogens with one attached hydrogen (secondary N) is 2. The first-order valence-corrected chi connectivity index (χ1v) is 11.4. The number of amides is 3. The number of rotatable bonds is 10. The molecule has 0 radical (unpaired) electrons. The van der Waals surface area contributed by atoms with E-state index in [1.807, 2.05) is 19.9 Å². The van der Waals surface area contributed by atoms with E-state index in [0.717, 1.165) is 16.0 Å². The van der Waals surface area contributed by atoms with Gasteiger partial charge in [0.05, 0.1) is 13.7 Å². The fourth-order valence-electron chi connectivity index (χ4n) is 3.16. The molecule has 1 aromatic carbocycles. The highest BCUT2D eigenvalue weighted by Gasteiger charge is 2.36. The third-order valence-corrected chi connectivity index (χ3v) is 5.30. The van der Waals surface area contributed by atoms with Crippen LogP contribution in [0.1, 0.15) is 43.5 Å². The van der Waals surface area contributed by atoms with Gasteiger partial charge in [-0.1, -0.05) is 18.2 Å². The number of methoxy groups -OCH3 is 1. The Kier molecular flexibility index (Phi) is 11.3. The van der Waals surface area contributed by atoms with Crippen LogP contribution in [0.5, 0.6) is 0 Å². The van der Waals surface area contributed by atoms with E-state index in [-0.39, 0.29) is 12.3 Å². The molecule has 2 atom stereocenters. The zero-order valence-corrected chi connectivity index (χ0v) is 21.4. The normalized spacial score (nSPS) is 12.8. The van der Waals surface area contributed by atoms with Crippen LogP contribution in [0.2, 0.25) is 0 Å². The zero-order chi connectivity index (χ0) is 26.1. The highest BCUT2D eigenvalue weighted by atomic mass is 32.1. The van der Waals surface area contributed by atoms with Crippen LogP contribution in [-0.2, 0) is 23.9 Å². The van der Waals surface area contributed by atoms with Gasteiger partial charge in [0.15, 0.2) is 0 Å². The van der Waals surface area contributed by atoms with Crippen LogP contribution in [0.4, 0.5) is 4.79 Å². The summed E-state index contributed by atoms with van der Waals surface area (Å²) in [5, 5.41) is 14.7. The quantitative estimate of drug-likeness (QED) is 0.283. The van der Waals surface area contributed by atoms with Gasteiger partial charge < -0.3 is 30.1 Å². The fourth-order valence-corrected chi connectivity index (χ4v) is 3.41. The maximum absolute atomic E-state index is 13.5. The van der Waals surface area contributed by atoms with Crippen molar-refractivity contribution in [2.75, 3.05) is 32.6 Å². The first-order chi connectivity index (χ1) is 15.9. The molecule has 0 aliphatic heterocycles. The van der Waals surface area contributed by atoms with E-state index in [9.17, 15) is 24.3 Å². The van der Waals surface area contributed by atoms with Gasteiger partial charge >= 0.3 is 12.1 Å². The van der Waals surface area contributed by atoms with Crippen molar-refractivity contribution < 1.29 is 33.8 Å². The number of ether oxygens (including phenoxy) is 2. The Hall–Kier alpha value is -2.79. The molecule has 2 unspecified atom stereocenters. The number of thiol groups is 1. The molecule has 0 fully saturated rings. The molecule has 0 saturated heterocycles. The molecule has 190 valence electrons. The number of esters is 1. The lowest BCUT2D eigenvalue weighted by atomic mass is 9.95. The first kappa shape index (κ1) is 29.2. The SMILES string of the molecule is COC(=O)CNC(=O)C(c1cccc(C)c1C)N(CCO)C(=O)C(CS)NC(=O)OC(C)(C)C. The van der Waals surface area contributed by atoms with Crippen molar-refractivity contribution in [1.29, 1.82) is 0 Å². The third-order valence-electron chi connectivity index (χ3n) is 4.93. The summed E-state index contributed by atoms with van der Waals surface area (Å²) in [7, 11) is 1.19. The van der Waals surface area contributed by atoms with Crippen LogP contribution in [-0.4, -0.2) is 78.1 Å². The van der Waals surface area contributed by atoms with Crippen LogP contribution in [0.15, 0.2) is 18.2 Å². The Bertz CT molecular complexity index is 886. The van der Waals surface area contributed by atoms with E-state index in [1.54, 1.807) is 32.9 Å². The summed E-state index contributed by atoms with van der Waals surface area (Å²) >= 11 is 4.19. The van der Waals surface area contributed by atoms with Crippen LogP contribution in [0.3, 0.4) is 0 Å². The number of hydrogen-bond donors (Lipinski definition) is 4. The highest BCUT2D eigenvalue weighted by molar-refractivity contribution is 7.80. The maximum atomic E-state index is 13.5. The minimum Gasteiger partial charge on any atom is -0.468 e. The number of nitrogens with zero attached hydrogens (tertiary/aromatic N) is 1. The molecule has 0 spiro atoms. The zero-order valence-electron chi connectivity index (χ0n) is 20.5. The Labute approximate surface area is 205 Å². The van der Waals surface area contributed by atoms with Gasteiger partial charge in [0.1, 0.15) is 24.2 Å². The monoisotopic (exact) mass is 497 g/mol. The molecule has 1 rings (SSSR count). The van der Waals surface area contributed by atoms with Gasteiger partial charge in [0, 0.05) is 12.3 Å². The highest BCUT2D eigenvalue weighted by Crippen LogP contribution is 2.27. The van der Waals surface area contributed by atoms with Crippen molar-refractivity contribution >= 4 is 36.5 Å². The number of aliphatic hydroxyl groups excluding tert-OH is 1. The predicted octanol–water partition coefficient (Wildman–Crippen LogP) is 1.28. The standard InChI is InChI=1S/C23H35N3O7S/c1-14-8-7-9-16(15(14)2)19(20(29)24-12-18(28)32-6)26(10-11-27)21(30)17(13-34)25-22(31)33-23(3,4)5/h7-9,17,19,27,34H,10-13H2,1-6H3,(H,24,29)(H,25,31). The molecule has 0 aliphatic carbocycles. The smallest absolute Gasteiger partial charge is 0.408 e. The molecule has 10 nitrogen and oxygen atoms in total. The molecule has 34 heavy (non-hydrogen) atoms. The van der Waals surface area contributed by atoms with Crippen LogP contribution < -0.4 is 10.6 Å². The second kappa shape index (κ2) is 13.2. The largest absolute Gasteiger partial charge is 0.468 e. The minimum absolute atomic E-state index is 0.0801. The van der Waals surface area contributed by atoms with Gasteiger partial charge in [0.25, 0.3) is 0 Å². The molecule has 0 heterocycles. The average molecular weight is 498 g/mol. The van der Waals surface area contributed by atoms with Crippen molar-refractivity contribution in [2.24, 2.45) is 0 Å². The summed E-state index contributed by atoms with van der Waals surface area (Å²) in [5.74, 6) is -2.03. The second-order valence-corrected chi connectivity index (χ2v) is 8.99. The Morgan fingerprint density at radius 2 is 1.82 bits per heavy atom. The number of carbonyl (C=O) groups excluding carboxylic acids is 4. The Balaban J connectivity index is 3.40. The molecule has 1 aromatic rings. The number of aryl methyl sites for hydroxylation is 1. The summed E-state index contributed by atoms with van der Waals surface area (Å²) in [5.41, 5.74) is 1.38. The topological polar surface area (TPSA) is 134 Å². The van der Waals surface area contributed by atoms with Gasteiger partial charge in [-0.05, 0) is 51.3 Å². The van der Waals surface area contributed by atoms with Crippen molar-refractivity contribution in [1.82, 2.24) is 15.5 Å². The fraction of sp³-hybridized carbons (Fsp3) is 0.565. The van der Waals surface area contributed by atoms with E-state index in [0.29, 0.717) is 5.56 Å². The van der Waals surface area contributed by atoms with Crippen LogP contribution in [0, 0.1) is 13.8 Å². The molecular formula is C23H35N3O7S. The van der Waals surface area contributed by atoms with E-state index in [1.165, 1.54) is 7.11 Å². The summed E-state index contributed by atoms with van der Waals surface area (Å²) in [6.45, 7) is 7.68. The maximum Gasteiger partial charge on any atom is 0.408 e. The number of hydrogen-bond acceptors (Lipinski definition) is 8. The van der Waals surface area contributed by atoms with Crippen molar-refractivity contribution in [3.05, 3.63) is 34.9 Å². The van der Waals surface area contributed by atoms with E-state index in [2.05, 4.69) is 28.0 Å². The number of alkyl carbamates (subject to hydrolysis) is 1. The first-order valence-electron chi connectivity index (χ1n) is 10.8. The molecule has 0 bridgehead atoms. The van der Waals surface area contributed by atoms with Crippen molar-refractivity contribution in [3.63, 3.8) is 0 Å². The second-order valence-electron chi connectivity index (χ2n) is 8.62. The number of benzene rings is 1. The summed E-state index contributed by atoms with van der Waals surface area (Å²) in [6.07, 6.45) is -0.817. The predicted molar refractivity (Wildman–Crippen MR) is 129 cm³/mol. The van der Waals surface area contributed by atoms with Gasteiger partial charge in [-0.25, -0.2) is 4.79 Å². The van der Waals surface area contributed by atoms with Gasteiger partial charge in [-0.15, -0.1) is 0 Å². The Morgan fingerprint density at radius 3 is 2.35 bits per heavy atom. The van der Waals surface area contributed by atoms with Crippen LogP contribution >= 0.6 is 12.6 Å². The molecular weight excluding hydrogens is 462 g/mol. The minimum atomic E-state index is -1.19. The molecule has 0 aromatic heterocycles. The van der Waals surface area contributed by atoms with Gasteiger partial charge in [0.2, 0.25) is 11.8 Å². The lowest BCUT2D eigenvalue weighted by Gasteiger charge is -2.34. The van der Waals surface area contributed by atoms with Crippen molar-refractivity contribution in [3.8, 4) is 0 Å². The van der Waals surface area contributed by atoms with E-state index >= 15 is 0 Å². The van der Waals surface area contributed by atoms with E-state index in [4.69, 9.17) is 4.74 Å². The lowest BCUT2D eigenvalue weighted by molar-refractivity contribution is -0.144. The van der Waals surface area contributed by atoms with Gasteiger partial charge in [-0.2, -0.15) is 12.6 Å². The molecule has 0 saturated carbocycles. The molecule has 11 heteroatoms. The van der Waals surface area contributed by atoms with Crippen LogP contribution in [0.25, 0.3) is 0 Å². The van der Waals surface area contributed by atoms with Gasteiger partial charge in [-0.3, -0.25) is 14.4 Å². The summed E-state index contributed by atoms with van der Waals surface area (Å²) in [4.78, 5) is 51.8. The molecule has 3 N–H and O–H groups in total. The summed E-state index contributed by atoms with van der Waals surface area (Å²) in [6, 6.07) is 2.98.